The second-order valence-corrected chi connectivity index (χ2v) is 3.56. The minimum absolute atomic E-state index is 0.459. The van der Waals surface area contributed by atoms with Crippen molar-refractivity contribution in [2.45, 2.75) is 45.2 Å². The lowest BCUT2D eigenvalue weighted by Crippen LogP contribution is -2.59. The summed E-state index contributed by atoms with van der Waals surface area (Å²) in [7, 11) is 0. The summed E-state index contributed by atoms with van der Waals surface area (Å²) in [6.07, 6.45) is 3.91. The van der Waals surface area contributed by atoms with Gasteiger partial charge < -0.3 is 5.73 Å². The quantitative estimate of drug-likeness (QED) is 0.663. The monoisotopic (exact) mass is 156 g/mol. The van der Waals surface area contributed by atoms with Gasteiger partial charge in [0.05, 0.1) is 0 Å². The second kappa shape index (κ2) is 4.07. The van der Waals surface area contributed by atoms with E-state index in [0.717, 1.165) is 19.1 Å². The van der Waals surface area contributed by atoms with Gasteiger partial charge in [0.1, 0.15) is 0 Å². The highest BCUT2D eigenvalue weighted by atomic mass is 15.2. The number of nitrogens with zero attached hydrogens (tertiary/aromatic N) is 1. The van der Waals surface area contributed by atoms with E-state index < -0.39 is 0 Å². The van der Waals surface area contributed by atoms with Crippen molar-refractivity contribution in [3.8, 4) is 0 Å². The molecular formula is C9H20N2. The lowest BCUT2D eigenvalue weighted by Gasteiger charge is -2.42. The van der Waals surface area contributed by atoms with Gasteiger partial charge in [-0.3, -0.25) is 4.90 Å². The van der Waals surface area contributed by atoms with Gasteiger partial charge in [0.15, 0.2) is 0 Å². The van der Waals surface area contributed by atoms with Gasteiger partial charge in [0.25, 0.3) is 0 Å². The van der Waals surface area contributed by atoms with Crippen LogP contribution in [-0.2, 0) is 0 Å². The van der Waals surface area contributed by atoms with E-state index in [-0.39, 0.29) is 0 Å². The molecule has 0 radical (unpaired) electrons. The Hall–Kier alpha value is -0.0800. The highest BCUT2D eigenvalue weighted by Crippen LogP contribution is 2.16. The van der Waals surface area contributed by atoms with Gasteiger partial charge in [-0.05, 0) is 12.8 Å². The minimum atomic E-state index is 0.459. The van der Waals surface area contributed by atoms with Crippen LogP contribution in [0.15, 0.2) is 0 Å². The molecule has 0 saturated carbocycles. The van der Waals surface area contributed by atoms with E-state index in [2.05, 4.69) is 18.7 Å². The van der Waals surface area contributed by atoms with E-state index in [1.54, 1.807) is 0 Å². The zero-order valence-electron chi connectivity index (χ0n) is 7.71. The molecule has 1 atom stereocenters. The van der Waals surface area contributed by atoms with Gasteiger partial charge in [0.2, 0.25) is 0 Å². The summed E-state index contributed by atoms with van der Waals surface area (Å²) >= 11 is 0. The molecule has 2 heteroatoms. The first-order valence-electron chi connectivity index (χ1n) is 4.77. The van der Waals surface area contributed by atoms with E-state index in [9.17, 15) is 0 Å². The normalized spacial score (nSPS) is 23.2. The van der Waals surface area contributed by atoms with E-state index in [1.165, 1.54) is 19.3 Å². The van der Waals surface area contributed by atoms with Crippen molar-refractivity contribution in [3.05, 3.63) is 0 Å². The van der Waals surface area contributed by atoms with Crippen LogP contribution in [0, 0.1) is 0 Å². The van der Waals surface area contributed by atoms with Gasteiger partial charge in [-0.1, -0.05) is 20.3 Å². The molecule has 0 spiro atoms. The summed E-state index contributed by atoms with van der Waals surface area (Å²) in [5.41, 5.74) is 5.72. The van der Waals surface area contributed by atoms with Gasteiger partial charge in [-0.15, -0.1) is 0 Å². The van der Waals surface area contributed by atoms with Crippen molar-refractivity contribution in [2.24, 2.45) is 5.73 Å². The highest BCUT2D eigenvalue weighted by Gasteiger charge is 2.27. The fraction of sp³-hybridized carbons (Fsp3) is 1.00. The molecule has 1 unspecified atom stereocenters. The number of nitrogens with two attached hydrogens (primary N) is 1. The molecule has 11 heavy (non-hydrogen) atoms. The average Bonchev–Trinajstić information content (AvgIpc) is 1.95. The van der Waals surface area contributed by atoms with Crippen molar-refractivity contribution in [2.75, 3.05) is 13.1 Å². The minimum Gasteiger partial charge on any atom is -0.325 e. The van der Waals surface area contributed by atoms with Crippen LogP contribution >= 0.6 is 0 Å². The Morgan fingerprint density at radius 1 is 1.45 bits per heavy atom. The summed E-state index contributed by atoms with van der Waals surface area (Å²) in [4.78, 5) is 2.51. The Bertz CT molecular complexity index is 108. The summed E-state index contributed by atoms with van der Waals surface area (Å²) in [5, 5.41) is 0. The van der Waals surface area contributed by atoms with Crippen molar-refractivity contribution in [1.82, 2.24) is 4.90 Å². The van der Waals surface area contributed by atoms with Crippen LogP contribution in [0.25, 0.3) is 0 Å². The van der Waals surface area contributed by atoms with Crippen LogP contribution in [0.4, 0.5) is 0 Å². The Balaban J connectivity index is 2.20. The second-order valence-electron chi connectivity index (χ2n) is 3.56. The van der Waals surface area contributed by atoms with Gasteiger partial charge >= 0.3 is 0 Å². The molecular weight excluding hydrogens is 136 g/mol. The largest absolute Gasteiger partial charge is 0.325 e. The fourth-order valence-corrected chi connectivity index (χ4v) is 1.83. The molecule has 1 fully saturated rings. The van der Waals surface area contributed by atoms with Crippen LogP contribution in [0.5, 0.6) is 0 Å². The summed E-state index contributed by atoms with van der Waals surface area (Å²) < 4.78 is 0. The first kappa shape index (κ1) is 9.01. The lowest BCUT2D eigenvalue weighted by atomic mass is 10.0. The summed E-state index contributed by atoms with van der Waals surface area (Å²) in [5.74, 6) is 0. The molecule has 0 aromatic carbocycles. The molecule has 1 heterocycles. The summed E-state index contributed by atoms with van der Waals surface area (Å²) in [6, 6.07) is 1.26. The number of hydrogen-bond acceptors (Lipinski definition) is 2. The lowest BCUT2D eigenvalue weighted by molar-refractivity contribution is 0.0856. The van der Waals surface area contributed by atoms with Crippen molar-refractivity contribution in [1.29, 1.82) is 0 Å². The maximum Gasteiger partial charge on any atom is 0.0297 e. The van der Waals surface area contributed by atoms with Gasteiger partial charge in [-0.25, -0.2) is 0 Å². The standard InChI is InChI=1S/C9H20N2/c1-3-5-9(4-2)11-6-8(10)7-11/h8-9H,3-7,10H2,1-2H3. The molecule has 0 aliphatic carbocycles. The zero-order valence-corrected chi connectivity index (χ0v) is 7.71. The highest BCUT2D eigenvalue weighted by molar-refractivity contribution is 4.86. The molecule has 0 amide bonds. The van der Waals surface area contributed by atoms with Crippen molar-refractivity contribution in [3.63, 3.8) is 0 Å². The van der Waals surface area contributed by atoms with E-state index in [4.69, 9.17) is 5.73 Å². The first-order chi connectivity index (χ1) is 5.27. The van der Waals surface area contributed by atoms with E-state index in [0.29, 0.717) is 6.04 Å². The molecule has 1 rings (SSSR count). The van der Waals surface area contributed by atoms with Crippen LogP contribution in [0.2, 0.25) is 0 Å². The predicted molar refractivity (Wildman–Crippen MR) is 48.5 cm³/mol. The molecule has 1 saturated heterocycles. The third kappa shape index (κ3) is 2.17. The van der Waals surface area contributed by atoms with Gasteiger partial charge in [0, 0.05) is 25.2 Å². The van der Waals surface area contributed by atoms with Crippen LogP contribution in [0.3, 0.4) is 0 Å². The predicted octanol–water partition coefficient (Wildman–Crippen LogP) is 1.21. The van der Waals surface area contributed by atoms with E-state index in [1.807, 2.05) is 0 Å². The maximum absolute atomic E-state index is 5.72. The first-order valence-corrected chi connectivity index (χ1v) is 4.77. The van der Waals surface area contributed by atoms with Crippen LogP contribution < -0.4 is 5.73 Å². The number of likely N-dealkylation sites (tertiary alicyclic amines) is 1. The maximum atomic E-state index is 5.72. The topological polar surface area (TPSA) is 29.3 Å². The molecule has 1 aliphatic rings. The Labute approximate surface area is 69.8 Å². The Kier molecular flexibility index (Phi) is 3.34. The van der Waals surface area contributed by atoms with Gasteiger partial charge in [-0.2, -0.15) is 0 Å². The molecule has 0 aromatic rings. The third-order valence-electron chi connectivity index (χ3n) is 2.55. The van der Waals surface area contributed by atoms with Crippen molar-refractivity contribution < 1.29 is 0 Å². The smallest absolute Gasteiger partial charge is 0.0297 e. The van der Waals surface area contributed by atoms with Crippen LogP contribution in [-0.4, -0.2) is 30.1 Å². The fourth-order valence-electron chi connectivity index (χ4n) is 1.83. The number of rotatable bonds is 4. The zero-order chi connectivity index (χ0) is 8.27. The average molecular weight is 156 g/mol. The molecule has 1 aliphatic heterocycles. The molecule has 2 N–H and O–H groups in total. The third-order valence-corrected chi connectivity index (χ3v) is 2.55. The van der Waals surface area contributed by atoms with E-state index >= 15 is 0 Å². The Morgan fingerprint density at radius 2 is 2.09 bits per heavy atom. The number of hydrogen-bond donors (Lipinski definition) is 1. The Morgan fingerprint density at radius 3 is 2.45 bits per heavy atom. The summed E-state index contributed by atoms with van der Waals surface area (Å²) in [6.45, 7) is 6.77. The molecule has 2 nitrogen and oxygen atoms in total. The van der Waals surface area contributed by atoms with Crippen molar-refractivity contribution >= 4 is 0 Å². The molecule has 0 aromatic heterocycles. The molecule has 66 valence electrons. The van der Waals surface area contributed by atoms with Crippen LogP contribution in [0.1, 0.15) is 33.1 Å². The molecule has 0 bridgehead atoms. The SMILES string of the molecule is CCCC(CC)N1CC(N)C1.